The number of aromatic nitrogens is 2. The monoisotopic (exact) mass is 846 g/mol. The van der Waals surface area contributed by atoms with Crippen molar-refractivity contribution in [1.29, 1.82) is 0 Å². The summed E-state index contributed by atoms with van der Waals surface area (Å²) in [4.78, 5) is 0. The second kappa shape index (κ2) is 14.8. The van der Waals surface area contributed by atoms with Gasteiger partial charge in [-0.15, -0.1) is 0 Å². The molecule has 0 aliphatic heterocycles. The molecule has 0 spiro atoms. The van der Waals surface area contributed by atoms with Crippen LogP contribution in [0.4, 0.5) is 0 Å². The Balaban J connectivity index is 0.957. The smallest absolute Gasteiger partial charge is 0.0542 e. The van der Waals surface area contributed by atoms with E-state index in [4.69, 9.17) is 0 Å². The standard InChI is InChI=1S/C64H50N2/c1-7-8-16-41(2)59-37-47-39-62-48(40-61(47)65(59)49-29-23-42(24-30-49)45-27-33-53-51-19-12-14-21-55(51)63(3,4)57(53)35-45)38-60(44-17-10-9-11-18-44)66(62)50-31-25-43(26-32-50)46-28-34-54-52-20-13-15-22-56(52)64(5,6)58(54)36-46/h7-40H,1-2H2,3-6H3/b16-8-. The first kappa shape index (κ1) is 39.6. The van der Waals surface area contributed by atoms with Gasteiger partial charge in [-0.2, -0.15) is 0 Å². The molecule has 12 rings (SSSR count). The fourth-order valence-electron chi connectivity index (χ4n) is 11.2. The van der Waals surface area contributed by atoms with Gasteiger partial charge in [0, 0.05) is 33.0 Å². The van der Waals surface area contributed by atoms with Crippen molar-refractivity contribution in [3.05, 3.63) is 247 Å². The average Bonchev–Trinajstić information content (AvgIpc) is 4.05. The van der Waals surface area contributed by atoms with Crippen LogP contribution >= 0.6 is 0 Å². The Bertz CT molecular complexity index is 3640. The molecule has 0 amide bonds. The Morgan fingerprint density at radius 3 is 1.42 bits per heavy atom. The number of hydrogen-bond acceptors (Lipinski definition) is 0. The highest BCUT2D eigenvalue weighted by Gasteiger charge is 2.36. The van der Waals surface area contributed by atoms with Gasteiger partial charge in [0.05, 0.1) is 22.4 Å². The SMILES string of the molecule is C=C/C=C\C(=C)c1cc2cc3c(cc(-c4ccccc4)n3-c3ccc(-c4ccc5c(c4)C(C)(C)c4ccccc4-5)cc3)cc2n1-c1ccc(-c2ccc3c(c2)C(C)(C)c2ccccc2-3)cc1. The van der Waals surface area contributed by atoms with Gasteiger partial charge in [-0.1, -0.05) is 186 Å². The Morgan fingerprint density at radius 1 is 0.424 bits per heavy atom. The van der Waals surface area contributed by atoms with Crippen molar-refractivity contribution in [3.8, 4) is 67.1 Å². The molecule has 0 unspecified atom stereocenters. The molecule has 0 atom stereocenters. The first-order valence-electron chi connectivity index (χ1n) is 23.1. The highest BCUT2D eigenvalue weighted by atomic mass is 15.0. The van der Waals surface area contributed by atoms with E-state index in [2.05, 4.69) is 238 Å². The van der Waals surface area contributed by atoms with E-state index in [-0.39, 0.29) is 10.8 Å². The number of fused-ring (bicyclic) bond motifs is 8. The van der Waals surface area contributed by atoms with E-state index in [1.165, 1.54) is 77.7 Å². The third kappa shape index (κ3) is 6.02. The number of rotatable bonds is 8. The predicted molar refractivity (Wildman–Crippen MR) is 280 cm³/mol. The summed E-state index contributed by atoms with van der Waals surface area (Å²) >= 11 is 0. The molecule has 2 nitrogen and oxygen atoms in total. The summed E-state index contributed by atoms with van der Waals surface area (Å²) in [5.74, 6) is 0. The van der Waals surface area contributed by atoms with Crippen molar-refractivity contribution >= 4 is 27.4 Å². The zero-order valence-corrected chi connectivity index (χ0v) is 37.9. The summed E-state index contributed by atoms with van der Waals surface area (Å²) in [5.41, 5.74) is 24.5. The van der Waals surface area contributed by atoms with Gasteiger partial charge in [0.1, 0.15) is 0 Å². The summed E-state index contributed by atoms with van der Waals surface area (Å²) < 4.78 is 4.78. The molecule has 66 heavy (non-hydrogen) atoms. The van der Waals surface area contributed by atoms with Crippen LogP contribution in [0, 0.1) is 0 Å². The summed E-state index contributed by atoms with van der Waals surface area (Å²) in [6, 6.07) is 69.9. The van der Waals surface area contributed by atoms with Crippen molar-refractivity contribution in [2.75, 3.05) is 0 Å². The molecule has 2 aliphatic carbocycles. The second-order valence-electron chi connectivity index (χ2n) is 19.1. The molecule has 8 aromatic carbocycles. The molecule has 0 saturated carbocycles. The maximum Gasteiger partial charge on any atom is 0.0542 e. The second-order valence-corrected chi connectivity index (χ2v) is 19.1. The maximum absolute atomic E-state index is 4.56. The summed E-state index contributed by atoms with van der Waals surface area (Å²) in [6.07, 6.45) is 5.82. The van der Waals surface area contributed by atoms with Crippen molar-refractivity contribution in [2.45, 2.75) is 38.5 Å². The van der Waals surface area contributed by atoms with Crippen LogP contribution in [-0.4, -0.2) is 9.13 Å². The van der Waals surface area contributed by atoms with Crippen LogP contribution in [0.25, 0.3) is 94.5 Å². The molecule has 0 bridgehead atoms. The van der Waals surface area contributed by atoms with Crippen LogP contribution in [0.1, 0.15) is 55.6 Å². The third-order valence-corrected chi connectivity index (χ3v) is 14.6. The molecule has 0 radical (unpaired) electrons. The Morgan fingerprint density at radius 2 is 0.879 bits per heavy atom. The molecule has 0 saturated heterocycles. The fourth-order valence-corrected chi connectivity index (χ4v) is 11.2. The summed E-state index contributed by atoms with van der Waals surface area (Å²) in [5, 5.41) is 2.31. The number of hydrogen-bond donors (Lipinski definition) is 0. The topological polar surface area (TPSA) is 9.86 Å². The van der Waals surface area contributed by atoms with Gasteiger partial charge in [0.25, 0.3) is 0 Å². The van der Waals surface area contributed by atoms with Gasteiger partial charge < -0.3 is 9.13 Å². The molecule has 2 heteroatoms. The normalized spacial score (nSPS) is 14.1. The molecular formula is C64H50N2. The van der Waals surface area contributed by atoms with Crippen LogP contribution in [0.2, 0.25) is 0 Å². The van der Waals surface area contributed by atoms with E-state index in [0.717, 1.165) is 44.8 Å². The van der Waals surface area contributed by atoms with Crippen LogP contribution in [0.3, 0.4) is 0 Å². The molecule has 0 N–H and O–H groups in total. The Kier molecular flexibility index (Phi) is 8.89. The van der Waals surface area contributed by atoms with Gasteiger partial charge in [0.2, 0.25) is 0 Å². The maximum atomic E-state index is 4.56. The highest BCUT2D eigenvalue weighted by molar-refractivity contribution is 6.02. The van der Waals surface area contributed by atoms with Gasteiger partial charge >= 0.3 is 0 Å². The van der Waals surface area contributed by atoms with Crippen molar-refractivity contribution in [1.82, 2.24) is 9.13 Å². The van der Waals surface area contributed by atoms with E-state index in [1.54, 1.807) is 6.08 Å². The van der Waals surface area contributed by atoms with Crippen LogP contribution < -0.4 is 0 Å². The minimum Gasteiger partial charge on any atom is -0.309 e. The molecule has 2 heterocycles. The fraction of sp³-hybridized carbons (Fsp3) is 0.0938. The molecule has 2 aliphatic rings. The minimum atomic E-state index is -0.0532. The lowest BCUT2D eigenvalue weighted by atomic mass is 9.81. The molecule has 0 fully saturated rings. The minimum absolute atomic E-state index is 0.0491. The molecule has 2 aromatic heterocycles. The van der Waals surface area contributed by atoms with Crippen LogP contribution in [0.5, 0.6) is 0 Å². The predicted octanol–water partition coefficient (Wildman–Crippen LogP) is 16.9. The lowest BCUT2D eigenvalue weighted by Gasteiger charge is -2.22. The van der Waals surface area contributed by atoms with Crippen LogP contribution in [0.15, 0.2) is 219 Å². The Labute approximate surface area is 387 Å². The van der Waals surface area contributed by atoms with Crippen molar-refractivity contribution < 1.29 is 0 Å². The van der Waals surface area contributed by atoms with Crippen LogP contribution in [-0.2, 0) is 10.8 Å². The first-order chi connectivity index (χ1) is 32.1. The van der Waals surface area contributed by atoms with E-state index in [1.807, 2.05) is 12.2 Å². The lowest BCUT2D eigenvalue weighted by molar-refractivity contribution is 0.660. The van der Waals surface area contributed by atoms with Crippen molar-refractivity contribution in [3.63, 3.8) is 0 Å². The van der Waals surface area contributed by atoms with Gasteiger partial charge in [-0.3, -0.25) is 0 Å². The Hall–Kier alpha value is -7.94. The lowest BCUT2D eigenvalue weighted by Crippen LogP contribution is -2.14. The van der Waals surface area contributed by atoms with Crippen molar-refractivity contribution in [2.24, 2.45) is 0 Å². The van der Waals surface area contributed by atoms with Gasteiger partial charge in [-0.25, -0.2) is 0 Å². The van der Waals surface area contributed by atoms with Gasteiger partial charge in [0.15, 0.2) is 0 Å². The zero-order valence-electron chi connectivity index (χ0n) is 37.9. The molecular weight excluding hydrogens is 797 g/mol. The number of benzene rings is 8. The largest absolute Gasteiger partial charge is 0.309 e. The average molecular weight is 847 g/mol. The van der Waals surface area contributed by atoms with E-state index < -0.39 is 0 Å². The quantitative estimate of drug-likeness (QED) is 0.135. The molecule has 316 valence electrons. The summed E-state index contributed by atoms with van der Waals surface area (Å²) in [6.45, 7) is 17.9. The summed E-state index contributed by atoms with van der Waals surface area (Å²) in [7, 11) is 0. The van der Waals surface area contributed by atoms with E-state index in [9.17, 15) is 0 Å². The highest BCUT2D eigenvalue weighted by Crippen LogP contribution is 2.51. The van der Waals surface area contributed by atoms with E-state index in [0.29, 0.717) is 0 Å². The third-order valence-electron chi connectivity index (χ3n) is 14.6. The van der Waals surface area contributed by atoms with Gasteiger partial charge in [-0.05, 0) is 139 Å². The first-order valence-corrected chi connectivity index (χ1v) is 23.1. The zero-order chi connectivity index (χ0) is 44.9. The number of nitrogens with zero attached hydrogens (tertiary/aromatic N) is 2. The van der Waals surface area contributed by atoms with E-state index >= 15 is 0 Å². The molecule has 10 aromatic rings. The number of allylic oxidation sites excluding steroid dienone is 4.